The first-order chi connectivity index (χ1) is 30.2. The predicted molar refractivity (Wildman–Crippen MR) is 262 cm³/mol. The summed E-state index contributed by atoms with van der Waals surface area (Å²) in [5.41, 5.74) is 14.0. The molecule has 2 aromatic heterocycles. The molecule has 2 heterocycles. The molecule has 0 saturated carbocycles. The van der Waals surface area contributed by atoms with E-state index in [-0.39, 0.29) is 0 Å². The summed E-state index contributed by atoms with van der Waals surface area (Å²) in [5.74, 6) is 0. The molecular weight excluding hydrogens is 757 g/mol. The maximum atomic E-state index is 2.39. The van der Waals surface area contributed by atoms with Crippen LogP contribution in [-0.4, -0.2) is 4.57 Å². The van der Waals surface area contributed by atoms with E-state index in [1.54, 1.807) is 0 Å². The van der Waals surface area contributed by atoms with E-state index >= 15 is 0 Å². The zero-order valence-corrected chi connectivity index (χ0v) is 34.1. The molecule has 12 rings (SSSR count). The summed E-state index contributed by atoms with van der Waals surface area (Å²) >= 11 is 1.89. The van der Waals surface area contributed by atoms with E-state index in [1.807, 2.05) is 11.3 Å². The zero-order valence-electron chi connectivity index (χ0n) is 33.2. The highest BCUT2D eigenvalue weighted by Crippen LogP contribution is 2.44. The van der Waals surface area contributed by atoms with Crippen molar-refractivity contribution in [2.24, 2.45) is 0 Å². The Morgan fingerprint density at radius 2 is 0.902 bits per heavy atom. The van der Waals surface area contributed by atoms with E-state index in [1.165, 1.54) is 86.1 Å². The number of nitrogens with zero attached hydrogens (tertiary/aromatic N) is 2. The highest BCUT2D eigenvalue weighted by Gasteiger charge is 2.19. The van der Waals surface area contributed by atoms with Crippen molar-refractivity contribution in [2.75, 3.05) is 4.90 Å². The first kappa shape index (κ1) is 35.2. The molecule has 0 aliphatic carbocycles. The molecule has 0 aliphatic rings. The van der Waals surface area contributed by atoms with Crippen LogP contribution < -0.4 is 4.90 Å². The van der Waals surface area contributed by atoms with Gasteiger partial charge in [-0.1, -0.05) is 170 Å². The molecule has 0 saturated heterocycles. The number of hydrogen-bond acceptors (Lipinski definition) is 2. The monoisotopic (exact) mass is 794 g/mol. The summed E-state index contributed by atoms with van der Waals surface area (Å²) in [6.07, 6.45) is 0. The van der Waals surface area contributed by atoms with Gasteiger partial charge in [-0.2, -0.15) is 0 Å². The van der Waals surface area contributed by atoms with Gasteiger partial charge in [0, 0.05) is 53.6 Å². The molecular formula is C58H38N2S. The minimum Gasteiger partial charge on any atom is -0.310 e. The lowest BCUT2D eigenvalue weighted by Crippen LogP contribution is -2.11. The van der Waals surface area contributed by atoms with Crippen molar-refractivity contribution in [1.29, 1.82) is 0 Å². The van der Waals surface area contributed by atoms with E-state index in [2.05, 4.69) is 240 Å². The first-order valence-corrected chi connectivity index (χ1v) is 21.6. The van der Waals surface area contributed by atoms with Crippen LogP contribution in [0.1, 0.15) is 0 Å². The molecule has 0 bridgehead atoms. The number of benzene rings is 10. The molecule has 0 N–H and O–H groups in total. The largest absolute Gasteiger partial charge is 0.310 e. The van der Waals surface area contributed by atoms with Gasteiger partial charge in [-0.05, 0) is 99.3 Å². The van der Waals surface area contributed by atoms with Gasteiger partial charge in [0.2, 0.25) is 0 Å². The summed E-state index contributed by atoms with van der Waals surface area (Å²) in [5, 5.41) is 7.79. The maximum absolute atomic E-state index is 2.39. The lowest BCUT2D eigenvalue weighted by Gasteiger charge is -2.28. The summed E-state index contributed by atoms with van der Waals surface area (Å²) in [4.78, 5) is 2.39. The fourth-order valence-corrected chi connectivity index (χ4v) is 10.6. The fraction of sp³-hybridized carbons (Fsp3) is 0. The number of rotatable bonds is 7. The van der Waals surface area contributed by atoms with Crippen LogP contribution in [-0.2, 0) is 0 Å². The smallest absolute Gasteiger partial charge is 0.0541 e. The number of fused-ring (bicyclic) bond motifs is 8. The minimum atomic E-state index is 1.09. The summed E-state index contributed by atoms with van der Waals surface area (Å²) < 4.78 is 5.05. The van der Waals surface area contributed by atoms with Gasteiger partial charge in [0.1, 0.15) is 0 Å². The quantitative estimate of drug-likeness (QED) is 0.156. The van der Waals surface area contributed by atoms with Gasteiger partial charge in [-0.15, -0.1) is 11.3 Å². The van der Waals surface area contributed by atoms with Crippen molar-refractivity contribution in [3.8, 4) is 39.1 Å². The van der Waals surface area contributed by atoms with Gasteiger partial charge in [0.15, 0.2) is 0 Å². The molecule has 3 heteroatoms. The van der Waals surface area contributed by atoms with Crippen LogP contribution in [0.4, 0.5) is 17.1 Å². The summed E-state index contributed by atoms with van der Waals surface area (Å²) in [6.45, 7) is 0. The van der Waals surface area contributed by atoms with E-state index in [9.17, 15) is 0 Å². The lowest BCUT2D eigenvalue weighted by molar-refractivity contribution is 1.18. The topological polar surface area (TPSA) is 8.17 Å². The Morgan fingerprint density at radius 1 is 0.344 bits per heavy atom. The Morgan fingerprint density at radius 3 is 1.62 bits per heavy atom. The maximum Gasteiger partial charge on any atom is 0.0541 e. The van der Waals surface area contributed by atoms with Crippen molar-refractivity contribution in [2.45, 2.75) is 0 Å². The molecule has 0 unspecified atom stereocenters. The van der Waals surface area contributed by atoms with Crippen LogP contribution in [0.2, 0.25) is 0 Å². The van der Waals surface area contributed by atoms with Gasteiger partial charge < -0.3 is 9.47 Å². The third-order valence-corrected chi connectivity index (χ3v) is 13.4. The Hall–Kier alpha value is -7.72. The Balaban J connectivity index is 0.931. The number of aromatic nitrogens is 1. The molecule has 0 amide bonds. The molecule has 286 valence electrons. The molecule has 0 atom stereocenters. The average molecular weight is 795 g/mol. The summed E-state index contributed by atoms with van der Waals surface area (Å²) in [7, 11) is 0. The molecule has 12 aromatic rings. The Bertz CT molecular complexity index is 3520. The molecule has 0 aliphatic heterocycles. The SMILES string of the molecule is c1ccc(-c2ccccc2N(c2ccc(-c3cccc(-n4c5ccccc5c5ccccc54)c3)cc2)c2ccc(-c3ccc4c(c3)sc3c5ccccc5ccc43)cc2)cc1. The average Bonchev–Trinajstić information content (AvgIpc) is 3.88. The first-order valence-electron chi connectivity index (χ1n) is 20.8. The molecule has 0 fully saturated rings. The minimum absolute atomic E-state index is 1.09. The zero-order chi connectivity index (χ0) is 40.3. The number of hydrogen-bond donors (Lipinski definition) is 0. The van der Waals surface area contributed by atoms with Crippen LogP contribution in [0.15, 0.2) is 231 Å². The molecule has 2 nitrogen and oxygen atoms in total. The van der Waals surface area contributed by atoms with Crippen LogP contribution >= 0.6 is 11.3 Å². The van der Waals surface area contributed by atoms with E-state index in [0.29, 0.717) is 0 Å². The van der Waals surface area contributed by atoms with Crippen LogP contribution in [0.25, 0.3) is 91.8 Å². The third-order valence-electron chi connectivity index (χ3n) is 12.2. The van der Waals surface area contributed by atoms with Gasteiger partial charge >= 0.3 is 0 Å². The van der Waals surface area contributed by atoms with Crippen LogP contribution in [0.5, 0.6) is 0 Å². The normalized spacial score (nSPS) is 11.6. The molecule has 0 spiro atoms. The molecule has 10 aromatic carbocycles. The van der Waals surface area contributed by atoms with Crippen molar-refractivity contribution < 1.29 is 0 Å². The molecule has 61 heavy (non-hydrogen) atoms. The Labute approximate surface area is 358 Å². The van der Waals surface area contributed by atoms with Gasteiger partial charge in [0.25, 0.3) is 0 Å². The van der Waals surface area contributed by atoms with Crippen molar-refractivity contribution in [3.05, 3.63) is 231 Å². The van der Waals surface area contributed by atoms with Crippen molar-refractivity contribution in [1.82, 2.24) is 4.57 Å². The van der Waals surface area contributed by atoms with E-state index < -0.39 is 0 Å². The van der Waals surface area contributed by atoms with Gasteiger partial charge in [0.05, 0.1) is 16.7 Å². The van der Waals surface area contributed by atoms with E-state index in [0.717, 1.165) is 22.7 Å². The van der Waals surface area contributed by atoms with Crippen molar-refractivity contribution in [3.63, 3.8) is 0 Å². The second-order valence-electron chi connectivity index (χ2n) is 15.7. The fourth-order valence-electron chi connectivity index (χ4n) is 9.27. The standard InChI is InChI=1S/C58H38N2S/c1-2-13-41(14-3-1)48-18-6-9-22-54(48)59(46-33-27-40(28-34-46)44-30-35-52-53-36-29-42-15-4-5-19-49(42)58(53)61-57(52)38-44)45-31-25-39(26-32-45)43-16-12-17-47(37-43)60-55-23-10-7-20-50(55)51-21-8-11-24-56(51)60/h1-38H. The Kier molecular flexibility index (Phi) is 8.39. The lowest BCUT2D eigenvalue weighted by atomic mass is 10.00. The van der Waals surface area contributed by atoms with Crippen LogP contribution in [0, 0.1) is 0 Å². The highest BCUT2D eigenvalue weighted by atomic mass is 32.1. The van der Waals surface area contributed by atoms with E-state index in [4.69, 9.17) is 0 Å². The predicted octanol–water partition coefficient (Wildman–Crippen LogP) is 16.8. The summed E-state index contributed by atoms with van der Waals surface area (Å²) in [6, 6.07) is 84.0. The number of anilines is 3. The highest BCUT2D eigenvalue weighted by molar-refractivity contribution is 7.26. The third kappa shape index (κ3) is 6.01. The van der Waals surface area contributed by atoms with Crippen LogP contribution in [0.3, 0.4) is 0 Å². The van der Waals surface area contributed by atoms with Gasteiger partial charge in [-0.25, -0.2) is 0 Å². The molecule has 0 radical (unpaired) electrons. The van der Waals surface area contributed by atoms with Crippen molar-refractivity contribution >= 4 is 81.1 Å². The number of para-hydroxylation sites is 3. The second kappa shape index (κ2) is 14.5. The van der Waals surface area contributed by atoms with Gasteiger partial charge in [-0.3, -0.25) is 0 Å². The second-order valence-corrected chi connectivity index (χ2v) is 16.8. The number of thiophene rings is 1.